The van der Waals surface area contributed by atoms with E-state index in [4.69, 9.17) is 46.4 Å². The van der Waals surface area contributed by atoms with Crippen LogP contribution in [0, 0.1) is 0 Å². The van der Waals surface area contributed by atoms with Gasteiger partial charge in [-0.3, -0.25) is 4.55 Å². The van der Waals surface area contributed by atoms with E-state index < -0.39 is 14.9 Å². The summed E-state index contributed by atoms with van der Waals surface area (Å²) in [4.78, 5) is 0. The Morgan fingerprint density at radius 1 is 0.690 bits per heavy atom. The summed E-state index contributed by atoms with van der Waals surface area (Å²) in [7, 11) is -5.06. The van der Waals surface area contributed by atoms with Crippen LogP contribution in [0.1, 0.15) is 16.7 Å². The van der Waals surface area contributed by atoms with Gasteiger partial charge < -0.3 is 10.2 Å². The molecule has 5 nitrogen and oxygen atoms in total. The Morgan fingerprint density at radius 2 is 1.17 bits per heavy atom. The average Bonchev–Trinajstić information content (AvgIpc) is 2.54. The Kier molecular flexibility index (Phi) is 5.98. The van der Waals surface area contributed by atoms with Gasteiger partial charge in [0.1, 0.15) is 11.5 Å². The average molecular weight is 494 g/mol. The molecule has 0 saturated carbocycles. The maximum absolute atomic E-state index is 13.0. The van der Waals surface area contributed by atoms with E-state index in [1.807, 2.05) is 0 Å². The Labute approximate surface area is 186 Å². The van der Waals surface area contributed by atoms with Crippen LogP contribution in [-0.4, -0.2) is 23.2 Å². The first kappa shape index (κ1) is 22.0. The molecule has 29 heavy (non-hydrogen) atoms. The van der Waals surface area contributed by atoms with Crippen LogP contribution in [0.25, 0.3) is 0 Å². The van der Waals surface area contributed by atoms with Gasteiger partial charge in [0.2, 0.25) is 0 Å². The molecule has 0 fully saturated rings. The van der Waals surface area contributed by atoms with Crippen LogP contribution < -0.4 is 0 Å². The lowest BCUT2D eigenvalue weighted by Gasteiger charge is -2.33. The fourth-order valence-corrected chi connectivity index (χ4v) is 5.60. The minimum absolute atomic E-state index is 0.00404. The number of hydrogen-bond donors (Lipinski definition) is 3. The van der Waals surface area contributed by atoms with Crippen LogP contribution in [0.5, 0.6) is 11.5 Å². The van der Waals surface area contributed by atoms with Crippen LogP contribution in [-0.2, 0) is 14.9 Å². The van der Waals surface area contributed by atoms with E-state index in [9.17, 15) is 23.2 Å². The third kappa shape index (κ3) is 4.01. The molecule has 0 aromatic heterocycles. The zero-order valence-electron chi connectivity index (χ0n) is 14.3. The number of halogens is 4. The summed E-state index contributed by atoms with van der Waals surface area (Å²) in [6.45, 7) is 0. The molecule has 152 valence electrons. The molecule has 3 rings (SSSR count). The number of aromatic hydroxyl groups is 2. The molecule has 0 aliphatic rings. The highest BCUT2D eigenvalue weighted by atomic mass is 35.5. The summed E-state index contributed by atoms with van der Waals surface area (Å²) in [6.07, 6.45) is 0. The van der Waals surface area contributed by atoms with Crippen LogP contribution >= 0.6 is 46.4 Å². The molecule has 0 unspecified atom stereocenters. The normalized spacial score (nSPS) is 12.2. The third-order valence-electron chi connectivity index (χ3n) is 4.28. The second kappa shape index (κ2) is 7.87. The van der Waals surface area contributed by atoms with E-state index in [1.54, 1.807) is 0 Å². The van der Waals surface area contributed by atoms with Crippen molar-refractivity contribution in [2.75, 3.05) is 0 Å². The SMILES string of the molecule is O=S(=O)(O)C(c1cc(O)cc(Cl)c1)(c1cc(O)cc(Cl)c1)c1ccc(Cl)cc1Cl. The summed E-state index contributed by atoms with van der Waals surface area (Å²) in [6, 6.07) is 11.1. The van der Waals surface area contributed by atoms with E-state index in [0.717, 1.165) is 12.1 Å². The molecule has 3 N–H and O–H groups in total. The van der Waals surface area contributed by atoms with Crippen LogP contribution in [0.3, 0.4) is 0 Å². The predicted octanol–water partition coefficient (Wildman–Crippen LogP) is 5.89. The monoisotopic (exact) mass is 492 g/mol. The molecule has 0 heterocycles. The van der Waals surface area contributed by atoms with Crippen LogP contribution in [0.15, 0.2) is 54.6 Å². The van der Waals surface area contributed by atoms with Gasteiger partial charge >= 0.3 is 0 Å². The van der Waals surface area contributed by atoms with Gasteiger partial charge in [0, 0.05) is 25.7 Å². The largest absolute Gasteiger partial charge is 0.508 e. The van der Waals surface area contributed by atoms with Gasteiger partial charge in [-0.1, -0.05) is 52.5 Å². The van der Waals surface area contributed by atoms with Gasteiger partial charge in [0.05, 0.1) is 0 Å². The molecule has 10 heteroatoms. The molecule has 0 spiro atoms. The second-order valence-corrected chi connectivity index (χ2v) is 9.46. The molecule has 3 aromatic carbocycles. The number of phenolic OH excluding ortho intramolecular Hbond substituents is 2. The fourth-order valence-electron chi connectivity index (χ4n) is 3.24. The quantitative estimate of drug-likeness (QED) is 0.311. The summed E-state index contributed by atoms with van der Waals surface area (Å²) < 4.78 is 34.0. The first-order valence-electron chi connectivity index (χ1n) is 7.88. The smallest absolute Gasteiger partial charge is 0.283 e. The molecule has 0 aliphatic heterocycles. The van der Waals surface area contributed by atoms with Crippen molar-refractivity contribution in [1.82, 2.24) is 0 Å². The van der Waals surface area contributed by atoms with E-state index >= 15 is 0 Å². The zero-order chi connectivity index (χ0) is 21.6. The van der Waals surface area contributed by atoms with Gasteiger partial charge in [-0.05, 0) is 59.7 Å². The van der Waals surface area contributed by atoms with Gasteiger partial charge in [-0.2, -0.15) is 8.42 Å². The molecule has 0 aliphatic carbocycles. The van der Waals surface area contributed by atoms with Crippen molar-refractivity contribution >= 4 is 56.5 Å². The topological polar surface area (TPSA) is 94.8 Å². The molecule has 0 bridgehead atoms. The summed E-state index contributed by atoms with van der Waals surface area (Å²) in [5.41, 5.74) is -0.346. The molecule has 0 saturated heterocycles. The number of phenols is 2. The molecule has 3 aromatic rings. The molecule has 0 radical (unpaired) electrons. The lowest BCUT2D eigenvalue weighted by atomic mass is 9.83. The summed E-state index contributed by atoms with van der Waals surface area (Å²) in [5.74, 6) is -0.700. The highest BCUT2D eigenvalue weighted by molar-refractivity contribution is 7.87. The van der Waals surface area contributed by atoms with Crippen molar-refractivity contribution in [1.29, 1.82) is 0 Å². The van der Waals surface area contributed by atoms with E-state index in [2.05, 4.69) is 0 Å². The minimum Gasteiger partial charge on any atom is -0.508 e. The first-order valence-corrected chi connectivity index (χ1v) is 10.8. The maximum Gasteiger partial charge on any atom is 0.283 e. The molecular formula is C19H12Cl4O5S. The number of hydrogen-bond acceptors (Lipinski definition) is 4. The Morgan fingerprint density at radius 3 is 1.55 bits per heavy atom. The van der Waals surface area contributed by atoms with Crippen molar-refractivity contribution in [3.63, 3.8) is 0 Å². The van der Waals surface area contributed by atoms with Crippen molar-refractivity contribution < 1.29 is 23.2 Å². The standard InChI is InChI=1S/C19H12Cl4O5S/c20-12-1-2-17(18(23)9-12)19(29(26,27)28,10-3-13(21)7-15(24)5-10)11-4-14(22)8-16(25)6-11/h1-9,24-25H,(H,26,27,28). The molecular weight excluding hydrogens is 482 g/mol. The van der Waals surface area contributed by atoms with Crippen LogP contribution in [0.4, 0.5) is 0 Å². The van der Waals surface area contributed by atoms with E-state index in [0.29, 0.717) is 0 Å². The molecule has 0 amide bonds. The highest BCUT2D eigenvalue weighted by Crippen LogP contribution is 2.49. The van der Waals surface area contributed by atoms with Gasteiger partial charge in [0.25, 0.3) is 10.1 Å². The van der Waals surface area contributed by atoms with Gasteiger partial charge in [0.15, 0.2) is 4.75 Å². The van der Waals surface area contributed by atoms with Gasteiger partial charge in [-0.15, -0.1) is 0 Å². The van der Waals surface area contributed by atoms with Crippen molar-refractivity contribution in [2.24, 2.45) is 0 Å². The fraction of sp³-hybridized carbons (Fsp3) is 0.0526. The van der Waals surface area contributed by atoms with Crippen molar-refractivity contribution in [3.8, 4) is 11.5 Å². The minimum atomic E-state index is -5.06. The second-order valence-electron chi connectivity index (χ2n) is 6.18. The highest BCUT2D eigenvalue weighted by Gasteiger charge is 2.50. The lowest BCUT2D eigenvalue weighted by Crippen LogP contribution is -2.38. The number of benzene rings is 3. The van der Waals surface area contributed by atoms with Gasteiger partial charge in [-0.25, -0.2) is 0 Å². The molecule has 0 atom stereocenters. The number of rotatable bonds is 4. The maximum atomic E-state index is 13.0. The summed E-state index contributed by atoms with van der Waals surface area (Å²) in [5, 5.41) is 20.2. The van der Waals surface area contributed by atoms with E-state index in [1.165, 1.54) is 42.5 Å². The summed E-state index contributed by atoms with van der Waals surface area (Å²) >= 11 is 24.4. The Balaban J connectivity index is 2.60. The van der Waals surface area contributed by atoms with Crippen molar-refractivity contribution in [2.45, 2.75) is 4.75 Å². The Bertz CT molecular complexity index is 1120. The Hall–Kier alpha value is -1.67. The predicted molar refractivity (Wildman–Crippen MR) is 114 cm³/mol. The van der Waals surface area contributed by atoms with Crippen molar-refractivity contribution in [3.05, 3.63) is 91.4 Å². The first-order chi connectivity index (χ1) is 13.4. The lowest BCUT2D eigenvalue weighted by molar-refractivity contribution is 0.455. The zero-order valence-corrected chi connectivity index (χ0v) is 18.1. The van der Waals surface area contributed by atoms with Crippen LogP contribution in [0.2, 0.25) is 20.1 Å². The third-order valence-corrected chi connectivity index (χ3v) is 6.72. The van der Waals surface area contributed by atoms with E-state index in [-0.39, 0.29) is 48.3 Å².